The van der Waals surface area contributed by atoms with Crippen LogP contribution in [0, 0.1) is 17.3 Å². The number of piperidine rings is 1. The Labute approximate surface area is 100 Å². The summed E-state index contributed by atoms with van der Waals surface area (Å²) in [6.45, 7) is 8.76. The van der Waals surface area contributed by atoms with Gasteiger partial charge in [0.25, 0.3) is 0 Å². The molecule has 1 N–H and O–H groups in total. The van der Waals surface area contributed by atoms with Gasteiger partial charge in [0.15, 0.2) is 0 Å². The van der Waals surface area contributed by atoms with Gasteiger partial charge >= 0.3 is 0 Å². The molecular weight excluding hydrogens is 198 g/mol. The minimum Gasteiger partial charge on any atom is -0.396 e. The normalized spacial score (nSPS) is 35.4. The third-order valence-corrected chi connectivity index (χ3v) is 4.98. The van der Waals surface area contributed by atoms with Gasteiger partial charge in [-0.3, -0.25) is 0 Å². The summed E-state index contributed by atoms with van der Waals surface area (Å²) in [5, 5.41) is 9.64. The lowest BCUT2D eigenvalue weighted by Gasteiger charge is -2.40. The minimum absolute atomic E-state index is 0.250. The molecule has 0 spiro atoms. The van der Waals surface area contributed by atoms with Gasteiger partial charge in [-0.2, -0.15) is 0 Å². The van der Waals surface area contributed by atoms with Crippen LogP contribution in [0.3, 0.4) is 0 Å². The minimum atomic E-state index is 0.250. The van der Waals surface area contributed by atoms with E-state index >= 15 is 0 Å². The fourth-order valence-corrected chi connectivity index (χ4v) is 3.46. The first-order valence-electron chi connectivity index (χ1n) is 6.98. The van der Waals surface area contributed by atoms with Crippen molar-refractivity contribution >= 4 is 0 Å². The van der Waals surface area contributed by atoms with Gasteiger partial charge in [-0.1, -0.05) is 26.7 Å². The van der Waals surface area contributed by atoms with E-state index in [-0.39, 0.29) is 5.41 Å². The van der Waals surface area contributed by atoms with Gasteiger partial charge < -0.3 is 10.0 Å². The molecule has 2 heteroatoms. The van der Waals surface area contributed by atoms with Crippen molar-refractivity contribution in [3.05, 3.63) is 0 Å². The SMILES string of the molecule is CC1CCN(CC2(CO)CCCC2)CC1C. The molecule has 2 nitrogen and oxygen atoms in total. The van der Waals surface area contributed by atoms with Gasteiger partial charge in [0.05, 0.1) is 0 Å². The maximum Gasteiger partial charge on any atom is 0.0499 e. The number of aliphatic hydroxyl groups excluding tert-OH is 1. The van der Waals surface area contributed by atoms with E-state index in [1.54, 1.807) is 0 Å². The first kappa shape index (κ1) is 12.4. The Morgan fingerprint density at radius 3 is 2.44 bits per heavy atom. The summed E-state index contributed by atoms with van der Waals surface area (Å²) in [6, 6.07) is 0. The highest BCUT2D eigenvalue weighted by Gasteiger charge is 2.36. The molecule has 1 aliphatic carbocycles. The van der Waals surface area contributed by atoms with Crippen LogP contribution in [-0.2, 0) is 0 Å². The Morgan fingerprint density at radius 1 is 1.19 bits per heavy atom. The summed E-state index contributed by atoms with van der Waals surface area (Å²) in [7, 11) is 0. The van der Waals surface area contributed by atoms with E-state index in [2.05, 4.69) is 18.7 Å². The summed E-state index contributed by atoms with van der Waals surface area (Å²) in [5.41, 5.74) is 0.250. The molecular formula is C14H27NO. The predicted octanol–water partition coefficient (Wildman–Crippen LogP) is 2.52. The molecule has 0 radical (unpaired) electrons. The summed E-state index contributed by atoms with van der Waals surface area (Å²) in [6.07, 6.45) is 6.46. The fourth-order valence-electron chi connectivity index (χ4n) is 3.46. The van der Waals surface area contributed by atoms with Gasteiger partial charge in [0.2, 0.25) is 0 Å². The summed E-state index contributed by atoms with van der Waals surface area (Å²) in [4.78, 5) is 2.60. The van der Waals surface area contributed by atoms with Gasteiger partial charge in [0, 0.05) is 25.1 Å². The topological polar surface area (TPSA) is 23.5 Å². The second-order valence-corrected chi connectivity index (χ2v) is 6.34. The number of aliphatic hydroxyl groups is 1. The number of likely N-dealkylation sites (tertiary alicyclic amines) is 1. The summed E-state index contributed by atoms with van der Waals surface area (Å²) < 4.78 is 0. The van der Waals surface area contributed by atoms with Crippen LogP contribution in [0.2, 0.25) is 0 Å². The molecule has 0 aromatic carbocycles. The average Bonchev–Trinajstić information content (AvgIpc) is 2.73. The molecule has 0 amide bonds. The van der Waals surface area contributed by atoms with E-state index in [0.29, 0.717) is 6.61 Å². The molecule has 0 bridgehead atoms. The van der Waals surface area contributed by atoms with Gasteiger partial charge in [-0.25, -0.2) is 0 Å². The van der Waals surface area contributed by atoms with Crippen LogP contribution in [0.5, 0.6) is 0 Å². The zero-order valence-corrected chi connectivity index (χ0v) is 10.9. The van der Waals surface area contributed by atoms with Gasteiger partial charge in [-0.05, 0) is 37.6 Å². The van der Waals surface area contributed by atoms with Crippen molar-refractivity contribution in [2.24, 2.45) is 17.3 Å². The van der Waals surface area contributed by atoms with Crippen molar-refractivity contribution in [3.8, 4) is 0 Å². The van der Waals surface area contributed by atoms with Crippen LogP contribution in [0.4, 0.5) is 0 Å². The highest BCUT2D eigenvalue weighted by Crippen LogP contribution is 2.39. The van der Waals surface area contributed by atoms with Gasteiger partial charge in [-0.15, -0.1) is 0 Å². The molecule has 2 atom stereocenters. The lowest BCUT2D eigenvalue weighted by Crippen LogP contribution is -2.45. The summed E-state index contributed by atoms with van der Waals surface area (Å²) >= 11 is 0. The van der Waals surface area contributed by atoms with Crippen molar-refractivity contribution in [2.45, 2.75) is 46.0 Å². The van der Waals surface area contributed by atoms with E-state index in [1.807, 2.05) is 0 Å². The van der Waals surface area contributed by atoms with Crippen molar-refractivity contribution in [2.75, 3.05) is 26.2 Å². The highest BCUT2D eigenvalue weighted by molar-refractivity contribution is 4.88. The zero-order chi connectivity index (χ0) is 11.6. The third-order valence-electron chi connectivity index (χ3n) is 4.98. The quantitative estimate of drug-likeness (QED) is 0.798. The largest absolute Gasteiger partial charge is 0.396 e. The van der Waals surface area contributed by atoms with E-state index in [9.17, 15) is 5.11 Å². The van der Waals surface area contributed by atoms with Crippen molar-refractivity contribution < 1.29 is 5.11 Å². The smallest absolute Gasteiger partial charge is 0.0499 e. The number of nitrogens with zero attached hydrogens (tertiary/aromatic N) is 1. The van der Waals surface area contributed by atoms with E-state index in [0.717, 1.165) is 18.4 Å². The van der Waals surface area contributed by atoms with Crippen molar-refractivity contribution in [1.82, 2.24) is 4.90 Å². The number of hydrogen-bond donors (Lipinski definition) is 1. The van der Waals surface area contributed by atoms with E-state index in [1.165, 1.54) is 45.2 Å². The van der Waals surface area contributed by atoms with Crippen molar-refractivity contribution in [3.63, 3.8) is 0 Å². The van der Waals surface area contributed by atoms with Crippen LogP contribution < -0.4 is 0 Å². The Balaban J connectivity index is 1.89. The molecule has 2 fully saturated rings. The average molecular weight is 225 g/mol. The lowest BCUT2D eigenvalue weighted by molar-refractivity contribution is 0.0469. The molecule has 2 aliphatic rings. The number of hydrogen-bond acceptors (Lipinski definition) is 2. The molecule has 2 rings (SSSR count). The second-order valence-electron chi connectivity index (χ2n) is 6.34. The standard InChI is InChI=1S/C14H27NO/c1-12-5-8-15(9-13(12)2)10-14(11-16)6-3-4-7-14/h12-13,16H,3-11H2,1-2H3. The van der Waals surface area contributed by atoms with Crippen LogP contribution >= 0.6 is 0 Å². The van der Waals surface area contributed by atoms with Crippen LogP contribution in [0.15, 0.2) is 0 Å². The van der Waals surface area contributed by atoms with E-state index < -0.39 is 0 Å². The van der Waals surface area contributed by atoms with Crippen LogP contribution in [0.1, 0.15) is 46.0 Å². The lowest BCUT2D eigenvalue weighted by atomic mass is 9.83. The Bertz CT molecular complexity index is 223. The Kier molecular flexibility index (Phi) is 3.91. The molecule has 1 saturated carbocycles. The molecule has 16 heavy (non-hydrogen) atoms. The molecule has 1 heterocycles. The van der Waals surface area contributed by atoms with E-state index in [4.69, 9.17) is 0 Å². The number of rotatable bonds is 3. The molecule has 94 valence electrons. The highest BCUT2D eigenvalue weighted by atomic mass is 16.3. The maximum absolute atomic E-state index is 9.64. The monoisotopic (exact) mass is 225 g/mol. The van der Waals surface area contributed by atoms with Gasteiger partial charge in [0.1, 0.15) is 0 Å². The molecule has 2 unspecified atom stereocenters. The summed E-state index contributed by atoms with van der Waals surface area (Å²) in [5.74, 6) is 1.70. The second kappa shape index (κ2) is 5.05. The molecule has 1 aliphatic heterocycles. The van der Waals surface area contributed by atoms with Crippen molar-refractivity contribution in [1.29, 1.82) is 0 Å². The first-order chi connectivity index (χ1) is 7.65. The third kappa shape index (κ3) is 2.60. The first-order valence-corrected chi connectivity index (χ1v) is 6.98. The molecule has 0 aromatic rings. The molecule has 1 saturated heterocycles. The maximum atomic E-state index is 9.64. The van der Waals surface area contributed by atoms with Crippen LogP contribution in [0.25, 0.3) is 0 Å². The predicted molar refractivity (Wildman–Crippen MR) is 67.4 cm³/mol. The molecule has 0 aromatic heterocycles. The van der Waals surface area contributed by atoms with Crippen LogP contribution in [-0.4, -0.2) is 36.2 Å². The Morgan fingerprint density at radius 2 is 1.88 bits per heavy atom. The Hall–Kier alpha value is -0.0800. The fraction of sp³-hybridized carbons (Fsp3) is 1.00. The zero-order valence-electron chi connectivity index (χ0n) is 10.9.